The van der Waals surface area contributed by atoms with Crippen LogP contribution in [0.3, 0.4) is 0 Å². The van der Waals surface area contributed by atoms with Crippen LogP contribution in [0.25, 0.3) is 0 Å². The number of rotatable bonds is 7. The van der Waals surface area contributed by atoms with Crippen LogP contribution in [0, 0.1) is 0 Å². The molecule has 12 heavy (non-hydrogen) atoms. The van der Waals surface area contributed by atoms with Gasteiger partial charge in [-0.25, -0.2) is 0 Å². The van der Waals surface area contributed by atoms with Crippen LogP contribution in [0.1, 0.15) is 12.8 Å². The number of hydrogen-bond acceptors (Lipinski definition) is 4. The minimum absolute atomic E-state index is 0.0965. The molecule has 74 valence electrons. The Morgan fingerprint density at radius 2 is 1.92 bits per heavy atom. The smallest absolute Gasteiger partial charge is 0.0694 e. The van der Waals surface area contributed by atoms with Gasteiger partial charge >= 0.3 is 0 Å². The van der Waals surface area contributed by atoms with Crippen LogP contribution in [-0.2, 0) is 9.47 Å². The minimum atomic E-state index is 0.0965. The predicted octanol–water partition coefficient (Wildman–Crippen LogP) is -0.286. The molecule has 2 unspecified atom stereocenters. The topological polar surface area (TPSA) is 70.5 Å². The van der Waals surface area contributed by atoms with Gasteiger partial charge in [-0.05, 0) is 12.8 Å². The van der Waals surface area contributed by atoms with Gasteiger partial charge in [-0.15, -0.1) is 0 Å². The summed E-state index contributed by atoms with van der Waals surface area (Å²) in [5, 5.41) is 0. The lowest BCUT2D eigenvalue weighted by Gasteiger charge is -2.15. The number of ether oxygens (including phenoxy) is 2. The van der Waals surface area contributed by atoms with E-state index in [0.717, 1.165) is 12.8 Å². The molecule has 0 fully saturated rings. The van der Waals surface area contributed by atoms with Gasteiger partial charge in [-0.1, -0.05) is 0 Å². The Bertz CT molecular complexity index is 97.1. The molecule has 0 bridgehead atoms. The van der Waals surface area contributed by atoms with Crippen LogP contribution in [0.5, 0.6) is 0 Å². The van der Waals surface area contributed by atoms with Gasteiger partial charge in [0.05, 0.1) is 12.7 Å². The molecule has 2 atom stereocenters. The van der Waals surface area contributed by atoms with E-state index < -0.39 is 0 Å². The Kier molecular flexibility index (Phi) is 7.39. The molecule has 0 heterocycles. The van der Waals surface area contributed by atoms with Crippen molar-refractivity contribution in [2.75, 3.05) is 27.4 Å². The van der Waals surface area contributed by atoms with Crippen molar-refractivity contribution in [1.82, 2.24) is 0 Å². The highest BCUT2D eigenvalue weighted by atomic mass is 16.5. The molecular weight excluding hydrogens is 156 g/mol. The lowest BCUT2D eigenvalue weighted by Crippen LogP contribution is -2.29. The highest BCUT2D eigenvalue weighted by Gasteiger charge is 2.07. The van der Waals surface area contributed by atoms with Crippen molar-refractivity contribution in [2.45, 2.75) is 25.0 Å². The number of methoxy groups -OCH3 is 2. The summed E-state index contributed by atoms with van der Waals surface area (Å²) < 4.78 is 10.0. The molecule has 0 amide bonds. The molecule has 4 nitrogen and oxygen atoms in total. The van der Waals surface area contributed by atoms with E-state index in [4.69, 9.17) is 20.9 Å². The molecule has 0 rings (SSSR count). The molecule has 0 aromatic rings. The highest BCUT2D eigenvalue weighted by Crippen LogP contribution is 2.02. The second-order valence-electron chi connectivity index (χ2n) is 2.89. The Morgan fingerprint density at radius 1 is 1.25 bits per heavy atom. The summed E-state index contributed by atoms with van der Waals surface area (Å²) in [5.41, 5.74) is 11.2. The molecule has 4 heteroatoms. The van der Waals surface area contributed by atoms with Gasteiger partial charge in [0.2, 0.25) is 0 Å². The molecule has 4 N–H and O–H groups in total. The van der Waals surface area contributed by atoms with Gasteiger partial charge in [0, 0.05) is 26.8 Å². The first-order valence-electron chi connectivity index (χ1n) is 4.22. The third kappa shape index (κ3) is 5.49. The SMILES string of the molecule is COCC(N)CCC(CN)OC. The quantitative estimate of drug-likeness (QED) is 0.559. The summed E-state index contributed by atoms with van der Waals surface area (Å²) >= 11 is 0. The zero-order valence-corrected chi connectivity index (χ0v) is 7.95. The first-order chi connectivity index (χ1) is 5.74. The monoisotopic (exact) mass is 176 g/mol. The van der Waals surface area contributed by atoms with Crippen molar-refractivity contribution in [2.24, 2.45) is 11.5 Å². The van der Waals surface area contributed by atoms with E-state index >= 15 is 0 Å². The molecule has 0 aromatic heterocycles. The van der Waals surface area contributed by atoms with Crippen LogP contribution in [0.2, 0.25) is 0 Å². The molecule has 0 aliphatic rings. The number of nitrogens with two attached hydrogens (primary N) is 2. The number of hydrogen-bond donors (Lipinski definition) is 2. The molecular formula is C8H20N2O2. The Morgan fingerprint density at radius 3 is 2.33 bits per heavy atom. The van der Waals surface area contributed by atoms with E-state index in [1.54, 1.807) is 14.2 Å². The van der Waals surface area contributed by atoms with Crippen molar-refractivity contribution in [3.8, 4) is 0 Å². The minimum Gasteiger partial charge on any atom is -0.383 e. The maximum atomic E-state index is 5.72. The van der Waals surface area contributed by atoms with E-state index in [9.17, 15) is 0 Å². The van der Waals surface area contributed by atoms with E-state index in [-0.39, 0.29) is 12.1 Å². The largest absolute Gasteiger partial charge is 0.383 e. The van der Waals surface area contributed by atoms with E-state index in [1.807, 2.05) is 0 Å². The summed E-state index contributed by atoms with van der Waals surface area (Å²) in [6, 6.07) is 0.0965. The summed E-state index contributed by atoms with van der Waals surface area (Å²) in [6.45, 7) is 1.15. The zero-order chi connectivity index (χ0) is 9.40. The maximum absolute atomic E-state index is 5.72. The van der Waals surface area contributed by atoms with E-state index in [0.29, 0.717) is 13.2 Å². The van der Waals surface area contributed by atoms with Gasteiger partial charge < -0.3 is 20.9 Å². The average molecular weight is 176 g/mol. The molecule has 0 saturated heterocycles. The van der Waals surface area contributed by atoms with Gasteiger partial charge in [-0.2, -0.15) is 0 Å². The summed E-state index contributed by atoms with van der Waals surface area (Å²) in [6.07, 6.45) is 1.93. The average Bonchev–Trinajstić information content (AvgIpc) is 2.07. The Labute approximate surface area is 74.2 Å². The zero-order valence-electron chi connectivity index (χ0n) is 7.95. The van der Waals surface area contributed by atoms with Crippen LogP contribution in [-0.4, -0.2) is 39.5 Å². The fourth-order valence-electron chi connectivity index (χ4n) is 1.03. The second-order valence-corrected chi connectivity index (χ2v) is 2.89. The fraction of sp³-hybridized carbons (Fsp3) is 1.00. The summed E-state index contributed by atoms with van der Waals surface area (Å²) in [7, 11) is 3.32. The third-order valence-electron chi connectivity index (χ3n) is 1.84. The lowest BCUT2D eigenvalue weighted by atomic mass is 10.1. The molecule has 0 aliphatic heterocycles. The fourth-order valence-corrected chi connectivity index (χ4v) is 1.03. The molecule has 0 radical (unpaired) electrons. The van der Waals surface area contributed by atoms with Gasteiger partial charge in [0.25, 0.3) is 0 Å². The van der Waals surface area contributed by atoms with Crippen molar-refractivity contribution in [3.63, 3.8) is 0 Å². The van der Waals surface area contributed by atoms with Crippen molar-refractivity contribution < 1.29 is 9.47 Å². The summed E-state index contributed by atoms with van der Waals surface area (Å²) in [4.78, 5) is 0. The Hall–Kier alpha value is -0.160. The van der Waals surface area contributed by atoms with Gasteiger partial charge in [0.1, 0.15) is 0 Å². The first-order valence-corrected chi connectivity index (χ1v) is 4.22. The van der Waals surface area contributed by atoms with Crippen LogP contribution < -0.4 is 11.5 Å². The van der Waals surface area contributed by atoms with Crippen LogP contribution >= 0.6 is 0 Å². The van der Waals surface area contributed by atoms with Crippen molar-refractivity contribution >= 4 is 0 Å². The Balaban J connectivity index is 3.37. The van der Waals surface area contributed by atoms with Crippen LogP contribution in [0.4, 0.5) is 0 Å². The molecule has 0 aliphatic carbocycles. The van der Waals surface area contributed by atoms with Crippen molar-refractivity contribution in [3.05, 3.63) is 0 Å². The molecule has 0 aromatic carbocycles. The second kappa shape index (κ2) is 7.49. The van der Waals surface area contributed by atoms with Gasteiger partial charge in [0.15, 0.2) is 0 Å². The highest BCUT2D eigenvalue weighted by molar-refractivity contribution is 4.65. The lowest BCUT2D eigenvalue weighted by molar-refractivity contribution is 0.0934. The maximum Gasteiger partial charge on any atom is 0.0694 e. The molecule has 0 saturated carbocycles. The van der Waals surface area contributed by atoms with E-state index in [1.165, 1.54) is 0 Å². The summed E-state index contributed by atoms with van der Waals surface area (Å²) in [5.74, 6) is 0. The first kappa shape index (κ1) is 11.8. The van der Waals surface area contributed by atoms with Crippen LogP contribution in [0.15, 0.2) is 0 Å². The van der Waals surface area contributed by atoms with Gasteiger partial charge in [-0.3, -0.25) is 0 Å². The third-order valence-corrected chi connectivity index (χ3v) is 1.84. The predicted molar refractivity (Wildman–Crippen MR) is 48.9 cm³/mol. The standard InChI is InChI=1S/C8H20N2O2/c1-11-6-7(10)3-4-8(5-9)12-2/h7-8H,3-6,9-10H2,1-2H3. The van der Waals surface area contributed by atoms with E-state index in [2.05, 4.69) is 0 Å². The van der Waals surface area contributed by atoms with Crippen molar-refractivity contribution in [1.29, 1.82) is 0 Å². The molecule has 0 spiro atoms. The normalized spacial score (nSPS) is 16.0.